The van der Waals surface area contributed by atoms with Crippen LogP contribution in [0, 0.1) is 20.2 Å². The molecule has 0 unspecified atom stereocenters. The van der Waals surface area contributed by atoms with Gasteiger partial charge >= 0.3 is 0 Å². The zero-order chi connectivity index (χ0) is 14.0. The van der Waals surface area contributed by atoms with Gasteiger partial charge in [-0.05, 0) is 51.3 Å². The number of hydrogen-bond donors (Lipinski definition) is 0. The van der Waals surface area contributed by atoms with Crippen molar-refractivity contribution in [2.24, 2.45) is 0 Å². The predicted molar refractivity (Wildman–Crippen MR) is 72.9 cm³/mol. The Hall–Kier alpha value is -2.28. The van der Waals surface area contributed by atoms with Crippen molar-refractivity contribution < 1.29 is 9.85 Å². The van der Waals surface area contributed by atoms with Crippen LogP contribution in [-0.4, -0.2) is 9.85 Å². The zero-order valence-corrected chi connectivity index (χ0v) is 11.0. The van der Waals surface area contributed by atoms with E-state index >= 15 is 0 Å². The third-order valence-electron chi connectivity index (χ3n) is 2.56. The van der Waals surface area contributed by atoms with Crippen molar-refractivity contribution in [3.05, 3.63) is 67.2 Å². The number of halogens is 1. The molecule has 0 saturated heterocycles. The van der Waals surface area contributed by atoms with Crippen LogP contribution in [0.25, 0.3) is 11.1 Å². The van der Waals surface area contributed by atoms with Gasteiger partial charge in [0.15, 0.2) is 0 Å². The number of non-ortho nitro benzene ring substituents is 1. The summed E-state index contributed by atoms with van der Waals surface area (Å²) in [6.45, 7) is 0. The molecule has 2 aromatic rings. The molecule has 0 aliphatic carbocycles. The summed E-state index contributed by atoms with van der Waals surface area (Å²) >= 11 is 3.13. The standard InChI is InChI=1S/C12H7BrN2O4/c13-11-7-9(3-6-12(11)15(18)19)8-1-4-10(5-2-8)14(16)17/h1-7H. The van der Waals surface area contributed by atoms with Crippen molar-refractivity contribution in [3.8, 4) is 11.1 Å². The molecule has 0 spiro atoms. The Bertz CT molecular complexity index is 655. The van der Waals surface area contributed by atoms with Crippen molar-refractivity contribution >= 4 is 27.3 Å². The lowest BCUT2D eigenvalue weighted by Crippen LogP contribution is -1.90. The molecule has 0 aliphatic heterocycles. The Morgan fingerprint density at radius 3 is 1.89 bits per heavy atom. The molecule has 0 fully saturated rings. The van der Waals surface area contributed by atoms with Crippen LogP contribution in [0.5, 0.6) is 0 Å². The molecule has 0 aromatic heterocycles. The minimum Gasteiger partial charge on any atom is -0.258 e. The summed E-state index contributed by atoms with van der Waals surface area (Å²) < 4.78 is 0.369. The van der Waals surface area contributed by atoms with E-state index in [0.29, 0.717) is 4.47 Å². The molecule has 0 saturated carbocycles. The molecule has 96 valence electrons. The highest BCUT2D eigenvalue weighted by atomic mass is 79.9. The fourth-order valence-corrected chi connectivity index (χ4v) is 2.13. The fraction of sp³-hybridized carbons (Fsp3) is 0. The lowest BCUT2D eigenvalue weighted by Gasteiger charge is -2.02. The van der Waals surface area contributed by atoms with Crippen LogP contribution in [-0.2, 0) is 0 Å². The lowest BCUT2D eigenvalue weighted by molar-refractivity contribution is -0.385. The number of rotatable bonds is 3. The molecule has 0 radical (unpaired) electrons. The van der Waals surface area contributed by atoms with Gasteiger partial charge in [-0.25, -0.2) is 0 Å². The van der Waals surface area contributed by atoms with Crippen LogP contribution in [0.4, 0.5) is 11.4 Å². The maximum atomic E-state index is 10.7. The van der Waals surface area contributed by atoms with E-state index in [9.17, 15) is 20.2 Å². The molecule has 0 aliphatic rings. The van der Waals surface area contributed by atoms with Crippen molar-refractivity contribution in [1.82, 2.24) is 0 Å². The highest BCUT2D eigenvalue weighted by Crippen LogP contribution is 2.31. The maximum absolute atomic E-state index is 10.7. The monoisotopic (exact) mass is 322 g/mol. The van der Waals surface area contributed by atoms with E-state index in [0.717, 1.165) is 11.1 Å². The number of nitro groups is 2. The SMILES string of the molecule is O=[N+]([O-])c1ccc(-c2ccc([N+](=O)[O-])c(Br)c2)cc1. The molecule has 6 nitrogen and oxygen atoms in total. The van der Waals surface area contributed by atoms with E-state index in [4.69, 9.17) is 0 Å². The minimum atomic E-state index is -0.482. The fourth-order valence-electron chi connectivity index (χ4n) is 1.61. The normalized spacial score (nSPS) is 10.2. The van der Waals surface area contributed by atoms with Crippen LogP contribution in [0.2, 0.25) is 0 Å². The van der Waals surface area contributed by atoms with Crippen LogP contribution in [0.15, 0.2) is 46.9 Å². The predicted octanol–water partition coefficient (Wildman–Crippen LogP) is 3.93. The van der Waals surface area contributed by atoms with Crippen LogP contribution < -0.4 is 0 Å². The van der Waals surface area contributed by atoms with Crippen LogP contribution in [0.3, 0.4) is 0 Å². The lowest BCUT2D eigenvalue weighted by atomic mass is 10.1. The van der Waals surface area contributed by atoms with Crippen LogP contribution >= 0.6 is 15.9 Å². The number of hydrogen-bond acceptors (Lipinski definition) is 4. The van der Waals surface area contributed by atoms with Gasteiger partial charge in [0.25, 0.3) is 11.4 Å². The summed E-state index contributed by atoms with van der Waals surface area (Å²) in [7, 11) is 0. The first-order valence-electron chi connectivity index (χ1n) is 5.18. The van der Waals surface area contributed by atoms with E-state index in [-0.39, 0.29) is 11.4 Å². The number of benzene rings is 2. The zero-order valence-electron chi connectivity index (χ0n) is 9.45. The third-order valence-corrected chi connectivity index (χ3v) is 3.19. The average molecular weight is 323 g/mol. The Morgan fingerprint density at radius 2 is 1.42 bits per heavy atom. The quantitative estimate of drug-likeness (QED) is 0.632. The van der Waals surface area contributed by atoms with Crippen molar-refractivity contribution in [3.63, 3.8) is 0 Å². The van der Waals surface area contributed by atoms with E-state index in [1.165, 1.54) is 18.2 Å². The van der Waals surface area contributed by atoms with Crippen molar-refractivity contribution in [1.29, 1.82) is 0 Å². The summed E-state index contributed by atoms with van der Waals surface area (Å²) in [5.74, 6) is 0. The van der Waals surface area contributed by atoms with Gasteiger partial charge in [0.2, 0.25) is 0 Å². The minimum absolute atomic E-state index is 0.00438. The Balaban J connectivity index is 2.39. The van der Waals surface area contributed by atoms with Gasteiger partial charge < -0.3 is 0 Å². The highest BCUT2D eigenvalue weighted by molar-refractivity contribution is 9.10. The molecule has 2 aromatic carbocycles. The van der Waals surface area contributed by atoms with Gasteiger partial charge in [-0.2, -0.15) is 0 Å². The summed E-state index contributed by atoms with van der Waals surface area (Å²) in [5, 5.41) is 21.2. The summed E-state index contributed by atoms with van der Waals surface area (Å²) in [6, 6.07) is 10.6. The summed E-state index contributed by atoms with van der Waals surface area (Å²) in [6.07, 6.45) is 0. The maximum Gasteiger partial charge on any atom is 0.283 e. The first-order valence-corrected chi connectivity index (χ1v) is 5.97. The second-order valence-corrected chi connectivity index (χ2v) is 4.58. The molecular weight excluding hydrogens is 316 g/mol. The van der Waals surface area contributed by atoms with Crippen molar-refractivity contribution in [2.75, 3.05) is 0 Å². The second-order valence-electron chi connectivity index (χ2n) is 3.73. The molecule has 0 heterocycles. The van der Waals surface area contributed by atoms with Gasteiger partial charge in [-0.1, -0.05) is 0 Å². The van der Waals surface area contributed by atoms with Gasteiger partial charge in [-0.15, -0.1) is 0 Å². The van der Waals surface area contributed by atoms with E-state index in [1.807, 2.05) is 0 Å². The Labute approximate surface area is 116 Å². The van der Waals surface area contributed by atoms with E-state index < -0.39 is 9.85 Å². The molecule has 0 amide bonds. The number of nitrogens with zero attached hydrogens (tertiary/aromatic N) is 2. The van der Waals surface area contributed by atoms with E-state index in [1.54, 1.807) is 24.3 Å². The second kappa shape index (κ2) is 5.15. The largest absolute Gasteiger partial charge is 0.283 e. The molecular formula is C12H7BrN2O4. The van der Waals surface area contributed by atoms with Gasteiger partial charge in [0, 0.05) is 18.2 Å². The Morgan fingerprint density at radius 1 is 0.842 bits per heavy atom. The van der Waals surface area contributed by atoms with Crippen molar-refractivity contribution in [2.45, 2.75) is 0 Å². The first-order chi connectivity index (χ1) is 8.99. The number of nitro benzene ring substituents is 2. The molecule has 0 N–H and O–H groups in total. The smallest absolute Gasteiger partial charge is 0.258 e. The average Bonchev–Trinajstić information content (AvgIpc) is 2.38. The molecule has 19 heavy (non-hydrogen) atoms. The Kier molecular flexibility index (Phi) is 3.57. The summed E-state index contributed by atoms with van der Waals surface area (Å²) in [4.78, 5) is 20.3. The van der Waals surface area contributed by atoms with Gasteiger partial charge in [-0.3, -0.25) is 20.2 Å². The van der Waals surface area contributed by atoms with Gasteiger partial charge in [0.05, 0.1) is 14.3 Å². The van der Waals surface area contributed by atoms with Crippen LogP contribution in [0.1, 0.15) is 0 Å². The molecule has 2 rings (SSSR count). The van der Waals surface area contributed by atoms with Gasteiger partial charge in [0.1, 0.15) is 0 Å². The molecule has 0 bridgehead atoms. The topological polar surface area (TPSA) is 86.3 Å². The van der Waals surface area contributed by atoms with E-state index in [2.05, 4.69) is 15.9 Å². The first kappa shape index (κ1) is 13.2. The third kappa shape index (κ3) is 2.76. The molecule has 7 heteroatoms. The summed E-state index contributed by atoms with van der Waals surface area (Å²) in [5.41, 5.74) is 1.48. The highest BCUT2D eigenvalue weighted by Gasteiger charge is 2.12. The molecule has 0 atom stereocenters.